The van der Waals surface area contributed by atoms with E-state index in [1.165, 1.54) is 12.1 Å². The van der Waals surface area contributed by atoms with Crippen molar-refractivity contribution in [2.45, 2.75) is 29.7 Å². The van der Waals surface area contributed by atoms with Gasteiger partial charge in [0.05, 0.1) is 4.90 Å². The molecule has 1 aromatic carbocycles. The molecule has 0 atom stereocenters. The van der Waals surface area contributed by atoms with Gasteiger partial charge in [0, 0.05) is 0 Å². The molecule has 2 aromatic rings. The number of benzene rings is 1. The van der Waals surface area contributed by atoms with Crippen molar-refractivity contribution in [2.24, 2.45) is 0 Å². The van der Waals surface area contributed by atoms with Crippen LogP contribution in [0.5, 0.6) is 0 Å². The predicted octanol–water partition coefficient (Wildman–Crippen LogP) is 1.85. The molecule has 90 valence electrons. The molecule has 2 rings (SSSR count). The Morgan fingerprint density at radius 2 is 1.88 bits per heavy atom. The lowest BCUT2D eigenvalue weighted by molar-refractivity contribution is 0.295. The summed E-state index contributed by atoms with van der Waals surface area (Å²) in [6.45, 7) is 1.94. The first-order valence-electron chi connectivity index (χ1n) is 5.28. The van der Waals surface area contributed by atoms with Crippen LogP contribution < -0.4 is 0 Å². The van der Waals surface area contributed by atoms with Crippen LogP contribution >= 0.6 is 0 Å². The van der Waals surface area contributed by atoms with Crippen molar-refractivity contribution >= 4 is 9.84 Å². The van der Waals surface area contributed by atoms with Crippen LogP contribution in [0.4, 0.5) is 0 Å². The van der Waals surface area contributed by atoms with Crippen molar-refractivity contribution in [1.82, 2.24) is 10.3 Å². The highest BCUT2D eigenvalue weighted by Crippen LogP contribution is 2.21. The van der Waals surface area contributed by atoms with Crippen molar-refractivity contribution in [2.75, 3.05) is 0 Å². The largest absolute Gasteiger partial charge is 0.243 e. The maximum absolute atomic E-state index is 12.2. The minimum absolute atomic E-state index is 0.0782. The summed E-state index contributed by atoms with van der Waals surface area (Å²) in [5, 5.41) is 7.06. The maximum Gasteiger partial charge on any atom is 0.229 e. The number of aromatic nitrogens is 2. The summed E-state index contributed by atoms with van der Waals surface area (Å²) in [4.78, 5) is 0.202. The SMILES string of the molecule is CCCc1nonc1S(=O)(=O)c1ccccc1. The standard InChI is InChI=1S/C11H12N2O3S/c1-2-6-10-11(13-16-12-10)17(14,15)9-7-4-3-5-8-9/h3-5,7-8H,2,6H2,1H3. The number of sulfone groups is 1. The quantitative estimate of drug-likeness (QED) is 0.830. The minimum atomic E-state index is -3.62. The molecule has 0 aliphatic heterocycles. The molecule has 0 spiro atoms. The first-order valence-corrected chi connectivity index (χ1v) is 6.76. The van der Waals surface area contributed by atoms with E-state index >= 15 is 0 Å². The van der Waals surface area contributed by atoms with Gasteiger partial charge >= 0.3 is 0 Å². The van der Waals surface area contributed by atoms with Gasteiger partial charge in [-0.05, 0) is 23.7 Å². The van der Waals surface area contributed by atoms with Crippen LogP contribution in [-0.2, 0) is 16.3 Å². The van der Waals surface area contributed by atoms with E-state index in [1.54, 1.807) is 18.2 Å². The number of nitrogens with zero attached hydrogens (tertiary/aromatic N) is 2. The molecule has 17 heavy (non-hydrogen) atoms. The van der Waals surface area contributed by atoms with Gasteiger partial charge in [-0.2, -0.15) is 0 Å². The van der Waals surface area contributed by atoms with Gasteiger partial charge in [0.1, 0.15) is 5.69 Å². The Balaban J connectivity index is 2.49. The Morgan fingerprint density at radius 3 is 2.53 bits per heavy atom. The number of rotatable bonds is 4. The van der Waals surface area contributed by atoms with E-state index in [0.717, 1.165) is 6.42 Å². The average molecular weight is 252 g/mol. The normalized spacial score (nSPS) is 11.6. The van der Waals surface area contributed by atoms with Crippen LogP contribution in [0.3, 0.4) is 0 Å². The molecular weight excluding hydrogens is 240 g/mol. The predicted molar refractivity (Wildman–Crippen MR) is 60.2 cm³/mol. The Hall–Kier alpha value is -1.69. The van der Waals surface area contributed by atoms with Crippen LogP contribution in [0.25, 0.3) is 0 Å². The van der Waals surface area contributed by atoms with Crippen LogP contribution in [-0.4, -0.2) is 18.7 Å². The number of aryl methyl sites for hydroxylation is 1. The first-order chi connectivity index (χ1) is 8.16. The molecule has 1 heterocycles. The van der Waals surface area contributed by atoms with Gasteiger partial charge in [-0.25, -0.2) is 13.0 Å². The molecule has 0 radical (unpaired) electrons. The fourth-order valence-electron chi connectivity index (χ4n) is 1.50. The van der Waals surface area contributed by atoms with E-state index in [2.05, 4.69) is 14.9 Å². The molecule has 1 aromatic heterocycles. The van der Waals surface area contributed by atoms with Gasteiger partial charge in [-0.1, -0.05) is 36.7 Å². The Labute approximate surface area is 99.3 Å². The second-order valence-corrected chi connectivity index (χ2v) is 5.45. The zero-order valence-corrected chi connectivity index (χ0v) is 10.1. The molecule has 0 fully saturated rings. The van der Waals surface area contributed by atoms with Gasteiger partial charge in [0.25, 0.3) is 0 Å². The maximum atomic E-state index is 12.2. The second-order valence-electron chi connectivity index (χ2n) is 3.58. The van der Waals surface area contributed by atoms with E-state index in [0.29, 0.717) is 12.1 Å². The van der Waals surface area contributed by atoms with Crippen molar-refractivity contribution < 1.29 is 13.0 Å². The highest BCUT2D eigenvalue weighted by molar-refractivity contribution is 7.91. The molecule has 0 saturated carbocycles. The molecule has 6 heteroatoms. The summed E-state index contributed by atoms with van der Waals surface area (Å²) in [5.74, 6) is 0. The van der Waals surface area contributed by atoms with Gasteiger partial charge in [-0.3, -0.25) is 0 Å². The van der Waals surface area contributed by atoms with Crippen molar-refractivity contribution in [3.8, 4) is 0 Å². The van der Waals surface area contributed by atoms with E-state index in [1.807, 2.05) is 6.92 Å². The zero-order chi connectivity index (χ0) is 12.3. The lowest BCUT2D eigenvalue weighted by Crippen LogP contribution is -2.05. The molecule has 0 saturated heterocycles. The molecule has 5 nitrogen and oxygen atoms in total. The molecule has 0 bridgehead atoms. The zero-order valence-electron chi connectivity index (χ0n) is 9.33. The van der Waals surface area contributed by atoms with Gasteiger partial charge in [-0.15, -0.1) is 0 Å². The first kappa shape index (κ1) is 11.8. The fourth-order valence-corrected chi connectivity index (χ4v) is 2.82. The average Bonchev–Trinajstić information content (AvgIpc) is 2.80. The van der Waals surface area contributed by atoms with Crippen LogP contribution in [0.15, 0.2) is 44.9 Å². The van der Waals surface area contributed by atoms with E-state index in [4.69, 9.17) is 0 Å². The van der Waals surface area contributed by atoms with Crippen molar-refractivity contribution in [1.29, 1.82) is 0 Å². The third-order valence-electron chi connectivity index (χ3n) is 2.32. The van der Waals surface area contributed by atoms with Crippen molar-refractivity contribution in [3.05, 3.63) is 36.0 Å². The van der Waals surface area contributed by atoms with Crippen molar-refractivity contribution in [3.63, 3.8) is 0 Å². The lowest BCUT2D eigenvalue weighted by atomic mass is 10.3. The second kappa shape index (κ2) is 4.67. The summed E-state index contributed by atoms with van der Waals surface area (Å²) >= 11 is 0. The molecule has 0 N–H and O–H groups in total. The van der Waals surface area contributed by atoms with Crippen LogP contribution in [0, 0.1) is 0 Å². The Kier molecular flexibility index (Phi) is 3.23. The molecular formula is C11H12N2O3S. The molecule has 0 unspecified atom stereocenters. The Morgan fingerprint density at radius 1 is 1.18 bits per heavy atom. The monoisotopic (exact) mass is 252 g/mol. The van der Waals surface area contributed by atoms with Gasteiger partial charge < -0.3 is 0 Å². The highest BCUT2D eigenvalue weighted by atomic mass is 32.2. The summed E-state index contributed by atoms with van der Waals surface area (Å²) < 4.78 is 29.0. The van der Waals surface area contributed by atoms with Crippen LogP contribution in [0.1, 0.15) is 19.0 Å². The highest BCUT2D eigenvalue weighted by Gasteiger charge is 2.26. The summed E-state index contributed by atoms with van der Waals surface area (Å²) in [5.41, 5.74) is 0.386. The molecule has 0 aliphatic carbocycles. The summed E-state index contributed by atoms with van der Waals surface area (Å²) in [7, 11) is -3.62. The number of hydrogen-bond donors (Lipinski definition) is 0. The fraction of sp³-hybridized carbons (Fsp3) is 0.273. The van der Waals surface area contributed by atoms with E-state index in [9.17, 15) is 8.42 Å². The summed E-state index contributed by atoms with van der Waals surface area (Å²) in [6, 6.07) is 8.15. The minimum Gasteiger partial charge on any atom is -0.243 e. The Bertz CT molecular complexity index is 590. The molecule has 0 aliphatic rings. The van der Waals surface area contributed by atoms with Gasteiger partial charge in [0.2, 0.25) is 14.9 Å². The lowest BCUT2D eigenvalue weighted by Gasteiger charge is -2.00. The number of hydrogen-bond acceptors (Lipinski definition) is 5. The third-order valence-corrected chi connectivity index (χ3v) is 4.03. The third kappa shape index (κ3) is 2.21. The topological polar surface area (TPSA) is 73.1 Å². The molecule has 0 amide bonds. The van der Waals surface area contributed by atoms with Crippen LogP contribution in [0.2, 0.25) is 0 Å². The van der Waals surface area contributed by atoms with E-state index < -0.39 is 9.84 Å². The van der Waals surface area contributed by atoms with Gasteiger partial charge in [0.15, 0.2) is 0 Å². The smallest absolute Gasteiger partial charge is 0.229 e. The van der Waals surface area contributed by atoms with E-state index in [-0.39, 0.29) is 9.92 Å². The summed E-state index contributed by atoms with van der Waals surface area (Å²) in [6.07, 6.45) is 1.32.